The highest BCUT2D eigenvalue weighted by Gasteiger charge is 2.12. The van der Waals surface area contributed by atoms with Gasteiger partial charge >= 0.3 is 0 Å². The molecule has 18 heavy (non-hydrogen) atoms. The summed E-state index contributed by atoms with van der Waals surface area (Å²) in [5.41, 5.74) is 2.51. The van der Waals surface area contributed by atoms with E-state index in [0.29, 0.717) is 12.4 Å². The van der Waals surface area contributed by atoms with Crippen molar-refractivity contribution in [2.75, 3.05) is 0 Å². The number of hydrogen-bond donors (Lipinski definition) is 1. The summed E-state index contributed by atoms with van der Waals surface area (Å²) in [4.78, 5) is 0. The van der Waals surface area contributed by atoms with Gasteiger partial charge in [-0.2, -0.15) is 0 Å². The first kappa shape index (κ1) is 13.1. The summed E-state index contributed by atoms with van der Waals surface area (Å²) in [7, 11) is 0. The van der Waals surface area contributed by atoms with Crippen molar-refractivity contribution in [3.8, 4) is 5.75 Å². The molecule has 0 spiro atoms. The molecule has 0 saturated carbocycles. The largest absolute Gasteiger partial charge is 0.487 e. The van der Waals surface area contributed by atoms with E-state index in [1.54, 1.807) is 0 Å². The van der Waals surface area contributed by atoms with E-state index in [4.69, 9.17) is 9.26 Å². The van der Waals surface area contributed by atoms with Crippen molar-refractivity contribution >= 4 is 15.9 Å². The number of nitrogens with zero attached hydrogens (tertiary/aromatic N) is 1. The van der Waals surface area contributed by atoms with Gasteiger partial charge in [-0.05, 0) is 35.8 Å². The highest BCUT2D eigenvalue weighted by molar-refractivity contribution is 9.10. The van der Waals surface area contributed by atoms with Gasteiger partial charge in [-0.1, -0.05) is 17.3 Å². The zero-order chi connectivity index (χ0) is 13.1. The number of hydrogen-bond acceptors (Lipinski definition) is 4. The van der Waals surface area contributed by atoms with Crippen LogP contribution in [0.15, 0.2) is 27.2 Å². The van der Waals surface area contributed by atoms with E-state index in [1.807, 2.05) is 32.0 Å². The molecular formula is C13H14BrNO3. The molecule has 0 amide bonds. The molecule has 4 nitrogen and oxygen atoms in total. The number of para-hydroxylation sites is 1. The molecule has 0 saturated heterocycles. The molecule has 0 unspecified atom stereocenters. The van der Waals surface area contributed by atoms with Gasteiger partial charge in [-0.25, -0.2) is 0 Å². The van der Waals surface area contributed by atoms with Crippen molar-refractivity contribution in [3.05, 3.63) is 45.3 Å². The summed E-state index contributed by atoms with van der Waals surface area (Å²) in [5.74, 6) is 1.41. The van der Waals surface area contributed by atoms with Gasteiger partial charge in [0.05, 0.1) is 22.3 Å². The minimum atomic E-state index is -0.0592. The van der Waals surface area contributed by atoms with Crippen molar-refractivity contribution in [2.45, 2.75) is 27.1 Å². The minimum Gasteiger partial charge on any atom is -0.487 e. The minimum absolute atomic E-state index is 0.0592. The van der Waals surface area contributed by atoms with Crippen LogP contribution in [-0.2, 0) is 13.2 Å². The summed E-state index contributed by atoms with van der Waals surface area (Å²) < 4.78 is 11.7. The molecule has 96 valence electrons. The van der Waals surface area contributed by atoms with Gasteiger partial charge in [0.25, 0.3) is 0 Å². The number of ether oxygens (including phenoxy) is 1. The summed E-state index contributed by atoms with van der Waals surface area (Å²) in [6.07, 6.45) is 0. The third-order valence-electron chi connectivity index (χ3n) is 2.76. The molecule has 0 radical (unpaired) electrons. The second kappa shape index (κ2) is 5.54. The molecule has 0 aliphatic carbocycles. The Morgan fingerprint density at radius 3 is 2.78 bits per heavy atom. The van der Waals surface area contributed by atoms with Crippen LogP contribution < -0.4 is 4.74 Å². The molecule has 1 heterocycles. The van der Waals surface area contributed by atoms with Gasteiger partial charge in [0, 0.05) is 5.56 Å². The zero-order valence-electron chi connectivity index (χ0n) is 10.2. The lowest BCUT2D eigenvalue weighted by atomic mass is 10.2. The normalized spacial score (nSPS) is 10.7. The molecule has 0 fully saturated rings. The fourth-order valence-corrected chi connectivity index (χ4v) is 2.21. The number of halogens is 1. The van der Waals surface area contributed by atoms with E-state index in [0.717, 1.165) is 27.1 Å². The number of aliphatic hydroxyl groups excluding tert-OH is 1. The quantitative estimate of drug-likeness (QED) is 0.942. The van der Waals surface area contributed by atoms with E-state index in [1.165, 1.54) is 0 Å². The number of aryl methyl sites for hydroxylation is 2. The van der Waals surface area contributed by atoms with E-state index >= 15 is 0 Å². The summed E-state index contributed by atoms with van der Waals surface area (Å²) in [6.45, 7) is 4.04. The molecule has 2 aromatic rings. The molecule has 1 aromatic carbocycles. The van der Waals surface area contributed by atoms with Crippen molar-refractivity contribution in [2.24, 2.45) is 0 Å². The lowest BCUT2D eigenvalue weighted by Crippen LogP contribution is -2.01. The molecule has 5 heteroatoms. The van der Waals surface area contributed by atoms with Crippen LogP contribution >= 0.6 is 15.9 Å². The predicted octanol–water partition coefficient (Wildman–Crippen LogP) is 3.13. The van der Waals surface area contributed by atoms with Crippen LogP contribution in [-0.4, -0.2) is 10.3 Å². The molecule has 0 aliphatic heterocycles. The maximum atomic E-state index is 9.28. The van der Waals surface area contributed by atoms with Crippen LogP contribution in [0.3, 0.4) is 0 Å². The van der Waals surface area contributed by atoms with Gasteiger partial charge in [0.15, 0.2) is 0 Å². The predicted molar refractivity (Wildman–Crippen MR) is 70.4 cm³/mol. The van der Waals surface area contributed by atoms with E-state index in [-0.39, 0.29) is 6.61 Å². The third-order valence-corrected chi connectivity index (χ3v) is 3.39. The Labute approximate surface area is 114 Å². The average Bonchev–Trinajstić information content (AvgIpc) is 2.68. The van der Waals surface area contributed by atoms with Gasteiger partial charge in [0.2, 0.25) is 0 Å². The van der Waals surface area contributed by atoms with Crippen LogP contribution in [0.4, 0.5) is 0 Å². The molecule has 0 aliphatic rings. The summed E-state index contributed by atoms with van der Waals surface area (Å²) in [6, 6.07) is 5.56. The fourth-order valence-electron chi connectivity index (χ4n) is 1.69. The van der Waals surface area contributed by atoms with Crippen molar-refractivity contribution in [1.82, 2.24) is 5.16 Å². The zero-order valence-corrected chi connectivity index (χ0v) is 11.8. The highest BCUT2D eigenvalue weighted by Crippen LogP contribution is 2.30. The standard InChI is InChI=1S/C13H14BrNO3/c1-8-11(9(2)18-15-8)7-17-13-10(6-16)4-3-5-12(13)14/h3-5,16H,6-7H2,1-2H3. The van der Waals surface area contributed by atoms with Gasteiger partial charge < -0.3 is 14.4 Å². The first-order valence-electron chi connectivity index (χ1n) is 5.56. The second-order valence-corrected chi connectivity index (χ2v) is 4.83. The number of benzene rings is 1. The number of aliphatic hydroxyl groups is 1. The Balaban J connectivity index is 2.20. The highest BCUT2D eigenvalue weighted by atomic mass is 79.9. The number of rotatable bonds is 4. The van der Waals surface area contributed by atoms with Crippen molar-refractivity contribution in [1.29, 1.82) is 0 Å². The smallest absolute Gasteiger partial charge is 0.140 e. The van der Waals surface area contributed by atoms with Crippen molar-refractivity contribution < 1.29 is 14.4 Å². The van der Waals surface area contributed by atoms with Crippen LogP contribution in [0.5, 0.6) is 5.75 Å². The maximum Gasteiger partial charge on any atom is 0.140 e. The topological polar surface area (TPSA) is 55.5 Å². The van der Waals surface area contributed by atoms with E-state index in [2.05, 4.69) is 21.1 Å². The Morgan fingerprint density at radius 1 is 1.39 bits per heavy atom. The Kier molecular flexibility index (Phi) is 4.04. The maximum absolute atomic E-state index is 9.28. The summed E-state index contributed by atoms with van der Waals surface area (Å²) >= 11 is 3.41. The molecule has 0 bridgehead atoms. The molecule has 2 rings (SSSR count). The van der Waals surface area contributed by atoms with E-state index < -0.39 is 0 Å². The van der Waals surface area contributed by atoms with Crippen LogP contribution in [0.2, 0.25) is 0 Å². The van der Waals surface area contributed by atoms with Crippen LogP contribution in [0.1, 0.15) is 22.6 Å². The third kappa shape index (κ3) is 2.57. The van der Waals surface area contributed by atoms with Crippen LogP contribution in [0, 0.1) is 13.8 Å². The fraction of sp³-hybridized carbons (Fsp3) is 0.308. The first-order chi connectivity index (χ1) is 8.63. The summed E-state index contributed by atoms with van der Waals surface area (Å²) in [5, 5.41) is 13.2. The lowest BCUT2D eigenvalue weighted by Gasteiger charge is -2.11. The van der Waals surface area contributed by atoms with Gasteiger partial charge in [-0.3, -0.25) is 0 Å². The monoisotopic (exact) mass is 311 g/mol. The Bertz CT molecular complexity index is 532. The Morgan fingerprint density at radius 2 is 2.17 bits per heavy atom. The van der Waals surface area contributed by atoms with E-state index in [9.17, 15) is 5.11 Å². The lowest BCUT2D eigenvalue weighted by molar-refractivity contribution is 0.257. The molecule has 1 N–H and O–H groups in total. The van der Waals surface area contributed by atoms with Gasteiger partial charge in [0.1, 0.15) is 18.1 Å². The van der Waals surface area contributed by atoms with Crippen molar-refractivity contribution in [3.63, 3.8) is 0 Å². The Hall–Kier alpha value is -1.33. The molecule has 0 atom stereocenters. The number of aromatic nitrogens is 1. The van der Waals surface area contributed by atoms with Crippen LogP contribution in [0.25, 0.3) is 0 Å². The first-order valence-corrected chi connectivity index (χ1v) is 6.35. The SMILES string of the molecule is Cc1noc(C)c1COc1c(Br)cccc1CO. The molecular weight excluding hydrogens is 298 g/mol. The van der Waals surface area contributed by atoms with Gasteiger partial charge in [-0.15, -0.1) is 0 Å². The average molecular weight is 312 g/mol. The molecule has 1 aromatic heterocycles. The second-order valence-electron chi connectivity index (χ2n) is 3.98.